The first-order chi connectivity index (χ1) is 17.7. The molecule has 0 aliphatic heterocycles. The number of nitriles is 1. The number of rotatable bonds is 9. The fraction of sp³-hybridized carbons (Fsp3) is 0.120. The van der Waals surface area contributed by atoms with Gasteiger partial charge in [0.05, 0.1) is 27.5 Å². The van der Waals surface area contributed by atoms with E-state index >= 15 is 0 Å². The van der Waals surface area contributed by atoms with E-state index in [1.807, 2.05) is 25.1 Å². The molecule has 0 aliphatic rings. The van der Waals surface area contributed by atoms with Gasteiger partial charge in [0.1, 0.15) is 11.6 Å². The second kappa shape index (κ2) is 11.8. The van der Waals surface area contributed by atoms with Crippen LogP contribution in [-0.4, -0.2) is 22.9 Å². The second-order valence-electron chi connectivity index (χ2n) is 7.48. The zero-order valence-corrected chi connectivity index (χ0v) is 21.1. The lowest BCUT2D eigenvalue weighted by Crippen LogP contribution is -2.13. The number of non-ortho nitro benzene ring substituents is 1. The molecule has 3 aromatic rings. The Morgan fingerprint density at radius 1 is 1.08 bits per heavy atom. The Kier molecular flexibility index (Phi) is 8.55. The molecule has 0 radical (unpaired) electrons. The van der Waals surface area contributed by atoms with Gasteiger partial charge in [-0.25, -0.2) is 0 Å². The van der Waals surface area contributed by atoms with Crippen LogP contribution >= 0.6 is 15.9 Å². The van der Waals surface area contributed by atoms with Gasteiger partial charge in [0, 0.05) is 11.8 Å². The van der Waals surface area contributed by atoms with Gasteiger partial charge < -0.3 is 14.8 Å². The molecule has 0 saturated heterocycles. The lowest BCUT2D eigenvalue weighted by molar-refractivity contribution is -0.394. The maximum atomic E-state index is 12.6. The average molecular weight is 567 g/mol. The Morgan fingerprint density at radius 3 is 2.35 bits per heavy atom. The summed E-state index contributed by atoms with van der Waals surface area (Å²) in [7, 11) is 1.34. The summed E-state index contributed by atoms with van der Waals surface area (Å²) in [6.07, 6.45) is 2.20. The lowest BCUT2D eigenvalue weighted by Gasteiger charge is -2.13. The number of halogens is 1. The SMILES string of the molecule is CCc1ccc(NC(=O)/C(C#N)=C\c2cc(Br)c(Oc3ccc([N+](=O)[O-])cc3[N+](=O)[O-])c(OC)c2)cc1. The molecular formula is C25H19BrN4O7. The summed E-state index contributed by atoms with van der Waals surface area (Å²) in [5, 5.41) is 34.7. The van der Waals surface area contributed by atoms with E-state index in [4.69, 9.17) is 9.47 Å². The van der Waals surface area contributed by atoms with Crippen LogP contribution in [0.25, 0.3) is 6.08 Å². The summed E-state index contributed by atoms with van der Waals surface area (Å²) in [6, 6.07) is 15.1. The zero-order valence-electron chi connectivity index (χ0n) is 19.6. The summed E-state index contributed by atoms with van der Waals surface area (Å²) >= 11 is 3.32. The maximum absolute atomic E-state index is 12.6. The molecule has 3 rings (SSSR count). The van der Waals surface area contributed by atoms with Crippen LogP contribution in [0.2, 0.25) is 0 Å². The minimum Gasteiger partial charge on any atom is -0.493 e. The van der Waals surface area contributed by atoms with Crippen molar-refractivity contribution in [3.8, 4) is 23.3 Å². The van der Waals surface area contributed by atoms with Crippen LogP contribution in [0.15, 0.2) is 64.6 Å². The Hall–Kier alpha value is -4.76. The van der Waals surface area contributed by atoms with Crippen molar-refractivity contribution >= 4 is 45.0 Å². The normalized spacial score (nSPS) is 10.8. The van der Waals surface area contributed by atoms with Gasteiger partial charge in [0.15, 0.2) is 11.5 Å². The fourth-order valence-corrected chi connectivity index (χ4v) is 3.76. The van der Waals surface area contributed by atoms with Crippen molar-refractivity contribution in [2.45, 2.75) is 13.3 Å². The number of ether oxygens (including phenoxy) is 2. The largest absolute Gasteiger partial charge is 0.493 e. The van der Waals surface area contributed by atoms with Crippen LogP contribution in [0.1, 0.15) is 18.1 Å². The highest BCUT2D eigenvalue weighted by atomic mass is 79.9. The summed E-state index contributed by atoms with van der Waals surface area (Å²) < 4.78 is 11.3. The molecule has 0 unspecified atom stereocenters. The van der Waals surface area contributed by atoms with Crippen molar-refractivity contribution in [3.05, 3.63) is 96.0 Å². The number of carbonyl (C=O) groups is 1. The highest BCUT2D eigenvalue weighted by Crippen LogP contribution is 2.43. The summed E-state index contributed by atoms with van der Waals surface area (Å²) in [5.74, 6) is -0.676. The first-order valence-corrected chi connectivity index (χ1v) is 11.5. The highest BCUT2D eigenvalue weighted by molar-refractivity contribution is 9.10. The number of amides is 1. The standard InChI is InChI=1S/C25H19BrN4O7/c1-3-15-4-6-18(7-5-15)28-25(31)17(14-27)10-16-11-20(26)24(23(12-16)36-2)37-22-9-8-19(29(32)33)13-21(22)30(34)35/h4-13H,3H2,1-2H3,(H,28,31)/b17-10-. The van der Waals surface area contributed by atoms with Gasteiger partial charge in [-0.3, -0.25) is 25.0 Å². The number of nitro benzene ring substituents is 2. The van der Waals surface area contributed by atoms with Crippen molar-refractivity contribution in [3.63, 3.8) is 0 Å². The number of nitrogens with one attached hydrogen (secondary N) is 1. The molecule has 11 nitrogen and oxygen atoms in total. The molecule has 3 aromatic carbocycles. The number of carbonyl (C=O) groups excluding carboxylic acids is 1. The fourth-order valence-electron chi connectivity index (χ4n) is 3.22. The zero-order chi connectivity index (χ0) is 27.1. The molecule has 1 amide bonds. The molecular weight excluding hydrogens is 548 g/mol. The number of nitro groups is 2. The molecule has 0 heterocycles. The number of benzene rings is 3. The molecule has 0 aliphatic carbocycles. The van der Waals surface area contributed by atoms with Crippen LogP contribution in [0.5, 0.6) is 17.2 Å². The average Bonchev–Trinajstić information content (AvgIpc) is 2.88. The van der Waals surface area contributed by atoms with Crippen molar-refractivity contribution in [2.24, 2.45) is 0 Å². The molecule has 0 atom stereocenters. The monoisotopic (exact) mass is 566 g/mol. The van der Waals surface area contributed by atoms with E-state index in [0.717, 1.165) is 30.2 Å². The molecule has 0 aromatic heterocycles. The quantitative estimate of drug-likeness (QED) is 0.139. The van der Waals surface area contributed by atoms with Gasteiger partial charge in [-0.1, -0.05) is 19.1 Å². The third kappa shape index (κ3) is 6.47. The van der Waals surface area contributed by atoms with Gasteiger partial charge in [-0.2, -0.15) is 5.26 Å². The van der Waals surface area contributed by atoms with E-state index in [1.165, 1.54) is 25.3 Å². The molecule has 1 N–H and O–H groups in total. The van der Waals surface area contributed by atoms with Gasteiger partial charge in [-0.05, 0) is 69.9 Å². The van der Waals surface area contributed by atoms with Gasteiger partial charge >= 0.3 is 5.69 Å². The number of aryl methyl sites for hydroxylation is 1. The highest BCUT2D eigenvalue weighted by Gasteiger charge is 2.23. The number of hydrogen-bond donors (Lipinski definition) is 1. The van der Waals surface area contributed by atoms with Crippen LogP contribution in [0, 0.1) is 31.6 Å². The summed E-state index contributed by atoms with van der Waals surface area (Å²) in [6.45, 7) is 2.01. The van der Waals surface area contributed by atoms with Gasteiger partial charge in [0.2, 0.25) is 5.75 Å². The van der Waals surface area contributed by atoms with Gasteiger partial charge in [0.25, 0.3) is 11.6 Å². The smallest absolute Gasteiger partial charge is 0.318 e. The van der Waals surface area contributed by atoms with Gasteiger partial charge in [-0.15, -0.1) is 0 Å². The number of anilines is 1. The van der Waals surface area contributed by atoms with E-state index in [1.54, 1.807) is 12.1 Å². The third-order valence-electron chi connectivity index (χ3n) is 5.11. The molecule has 188 valence electrons. The van der Waals surface area contributed by atoms with Crippen molar-refractivity contribution < 1.29 is 24.1 Å². The minimum absolute atomic E-state index is 0.0515. The molecule has 0 saturated carbocycles. The summed E-state index contributed by atoms with van der Waals surface area (Å²) in [5.41, 5.74) is 0.801. The molecule has 37 heavy (non-hydrogen) atoms. The Morgan fingerprint density at radius 2 is 1.78 bits per heavy atom. The van der Waals surface area contributed by atoms with E-state index in [0.29, 0.717) is 15.7 Å². The lowest BCUT2D eigenvalue weighted by atomic mass is 10.1. The predicted octanol–water partition coefficient (Wildman–Crippen LogP) is 6.17. The number of nitrogens with zero attached hydrogens (tertiary/aromatic N) is 3. The van der Waals surface area contributed by atoms with E-state index < -0.39 is 27.1 Å². The number of hydrogen-bond acceptors (Lipinski definition) is 8. The van der Waals surface area contributed by atoms with E-state index in [9.17, 15) is 30.3 Å². The molecule has 0 fully saturated rings. The molecule has 12 heteroatoms. The Labute approximate surface area is 219 Å². The Balaban J connectivity index is 1.92. The predicted molar refractivity (Wildman–Crippen MR) is 139 cm³/mol. The van der Waals surface area contributed by atoms with Crippen LogP contribution in [-0.2, 0) is 11.2 Å². The van der Waals surface area contributed by atoms with E-state index in [2.05, 4.69) is 21.2 Å². The van der Waals surface area contributed by atoms with Crippen molar-refractivity contribution in [2.75, 3.05) is 12.4 Å². The second-order valence-corrected chi connectivity index (χ2v) is 8.33. The van der Waals surface area contributed by atoms with Crippen LogP contribution in [0.3, 0.4) is 0 Å². The van der Waals surface area contributed by atoms with E-state index in [-0.39, 0.29) is 22.8 Å². The first kappa shape index (κ1) is 26.8. The van der Waals surface area contributed by atoms with Crippen molar-refractivity contribution in [1.29, 1.82) is 5.26 Å². The minimum atomic E-state index is -0.798. The summed E-state index contributed by atoms with van der Waals surface area (Å²) in [4.78, 5) is 33.5. The maximum Gasteiger partial charge on any atom is 0.318 e. The molecule has 0 bridgehead atoms. The molecule has 0 spiro atoms. The third-order valence-corrected chi connectivity index (χ3v) is 5.70. The van der Waals surface area contributed by atoms with Crippen LogP contribution in [0.4, 0.5) is 17.1 Å². The topological polar surface area (TPSA) is 158 Å². The Bertz CT molecular complexity index is 1450. The first-order valence-electron chi connectivity index (χ1n) is 10.7. The number of methoxy groups -OCH3 is 1. The van der Waals surface area contributed by atoms with Crippen molar-refractivity contribution in [1.82, 2.24) is 0 Å². The van der Waals surface area contributed by atoms with Crippen LogP contribution < -0.4 is 14.8 Å².